The molecule has 0 radical (unpaired) electrons. The van der Waals surface area contributed by atoms with Gasteiger partial charge in [0.05, 0.1) is 0 Å². The fourth-order valence-corrected chi connectivity index (χ4v) is 2.77. The van der Waals surface area contributed by atoms with Crippen LogP contribution in [-0.4, -0.2) is 35.1 Å². The zero-order valence-corrected chi connectivity index (χ0v) is 15.4. The first-order valence-electron chi connectivity index (χ1n) is 7.82. The van der Waals surface area contributed by atoms with Gasteiger partial charge in [0.15, 0.2) is 0 Å². The summed E-state index contributed by atoms with van der Waals surface area (Å²) in [5.74, 6) is -0.169. The van der Waals surface area contributed by atoms with Gasteiger partial charge in [0.25, 0.3) is 0 Å². The van der Waals surface area contributed by atoms with Gasteiger partial charge in [0, 0.05) is 16.7 Å². The van der Waals surface area contributed by atoms with Gasteiger partial charge < -0.3 is 10.1 Å². The van der Waals surface area contributed by atoms with Crippen LogP contribution in [0.1, 0.15) is 40.0 Å². The van der Waals surface area contributed by atoms with Crippen LogP contribution < -0.4 is 5.32 Å². The second-order valence-corrected chi connectivity index (χ2v) is 7.60. The fourth-order valence-electron chi connectivity index (χ4n) is 2.50. The molecule has 5 nitrogen and oxygen atoms in total. The van der Waals surface area contributed by atoms with E-state index in [0.29, 0.717) is 18.7 Å². The molecule has 0 unspecified atom stereocenters. The van der Waals surface area contributed by atoms with Crippen molar-refractivity contribution in [2.45, 2.75) is 51.7 Å². The van der Waals surface area contributed by atoms with Gasteiger partial charge in [-0.2, -0.15) is 0 Å². The van der Waals surface area contributed by atoms with Crippen LogP contribution in [0.3, 0.4) is 0 Å². The third-order valence-corrected chi connectivity index (χ3v) is 4.07. The molecule has 126 valence electrons. The summed E-state index contributed by atoms with van der Waals surface area (Å²) in [5.41, 5.74) is 0.147. The van der Waals surface area contributed by atoms with Crippen molar-refractivity contribution in [1.82, 2.24) is 4.90 Å². The molecule has 1 N–H and O–H groups in total. The number of carbonyl (C=O) groups excluding carboxylic acids is 2. The Bertz CT molecular complexity index is 566. The second-order valence-electron chi connectivity index (χ2n) is 6.68. The van der Waals surface area contributed by atoms with Crippen LogP contribution in [0, 0.1) is 0 Å². The molecule has 0 aromatic heterocycles. The lowest BCUT2D eigenvalue weighted by atomic mass is 10.0. The molecule has 0 bridgehead atoms. The average Bonchev–Trinajstić information content (AvgIpc) is 2.48. The Balaban J connectivity index is 2.06. The summed E-state index contributed by atoms with van der Waals surface area (Å²) in [5, 5.41) is 2.88. The predicted molar refractivity (Wildman–Crippen MR) is 93.4 cm³/mol. The van der Waals surface area contributed by atoms with Gasteiger partial charge in [-0.25, -0.2) is 4.79 Å². The highest BCUT2D eigenvalue weighted by atomic mass is 79.9. The van der Waals surface area contributed by atoms with Gasteiger partial charge in [-0.1, -0.05) is 15.9 Å². The van der Waals surface area contributed by atoms with Crippen LogP contribution >= 0.6 is 15.9 Å². The minimum Gasteiger partial charge on any atom is -0.444 e. The van der Waals surface area contributed by atoms with Crippen LogP contribution in [-0.2, 0) is 9.53 Å². The van der Waals surface area contributed by atoms with E-state index in [1.807, 2.05) is 45.0 Å². The smallest absolute Gasteiger partial charge is 0.410 e. The van der Waals surface area contributed by atoms with E-state index in [2.05, 4.69) is 21.2 Å². The predicted octanol–water partition coefficient (Wildman–Crippen LogP) is 4.18. The molecular formula is C17H23BrN2O3. The molecule has 2 amide bonds. The van der Waals surface area contributed by atoms with Crippen molar-refractivity contribution in [2.24, 2.45) is 0 Å². The van der Waals surface area contributed by atoms with E-state index in [0.717, 1.165) is 17.3 Å². The quantitative estimate of drug-likeness (QED) is 0.834. The van der Waals surface area contributed by atoms with Crippen molar-refractivity contribution in [3.63, 3.8) is 0 Å². The highest BCUT2D eigenvalue weighted by Gasteiger charge is 2.34. The Morgan fingerprint density at radius 2 is 1.87 bits per heavy atom. The fraction of sp³-hybridized carbons (Fsp3) is 0.529. The molecule has 1 fully saturated rings. The van der Waals surface area contributed by atoms with Crippen LogP contribution in [0.2, 0.25) is 0 Å². The molecule has 1 aliphatic heterocycles. The molecule has 2 rings (SSSR count). The molecule has 23 heavy (non-hydrogen) atoms. The van der Waals surface area contributed by atoms with E-state index in [9.17, 15) is 9.59 Å². The maximum Gasteiger partial charge on any atom is 0.410 e. The Hall–Kier alpha value is -1.56. The summed E-state index contributed by atoms with van der Waals surface area (Å²) in [4.78, 5) is 26.4. The highest BCUT2D eigenvalue weighted by molar-refractivity contribution is 9.10. The molecule has 1 saturated heterocycles. The number of likely N-dealkylation sites (tertiary alicyclic amines) is 1. The maximum atomic E-state index is 12.6. The molecule has 0 saturated carbocycles. The summed E-state index contributed by atoms with van der Waals surface area (Å²) in [6, 6.07) is 6.89. The van der Waals surface area contributed by atoms with Crippen LogP contribution in [0.5, 0.6) is 0 Å². The van der Waals surface area contributed by atoms with Crippen molar-refractivity contribution >= 4 is 33.6 Å². The van der Waals surface area contributed by atoms with Gasteiger partial charge >= 0.3 is 6.09 Å². The average molecular weight is 383 g/mol. The number of hydrogen-bond donors (Lipinski definition) is 1. The van der Waals surface area contributed by atoms with Crippen molar-refractivity contribution in [3.8, 4) is 0 Å². The zero-order valence-electron chi connectivity index (χ0n) is 13.8. The first-order chi connectivity index (χ1) is 10.8. The van der Waals surface area contributed by atoms with Gasteiger partial charge in [-0.15, -0.1) is 0 Å². The highest BCUT2D eigenvalue weighted by Crippen LogP contribution is 2.22. The summed E-state index contributed by atoms with van der Waals surface area (Å²) in [6.07, 6.45) is 2.05. The van der Waals surface area contributed by atoms with Crippen molar-refractivity contribution in [2.75, 3.05) is 11.9 Å². The SMILES string of the molecule is CC(C)(C)OC(=O)N1CCCC[C@@H]1C(=O)Nc1ccc(Br)cc1. The number of nitrogens with one attached hydrogen (secondary N) is 1. The Morgan fingerprint density at radius 3 is 2.48 bits per heavy atom. The first-order valence-corrected chi connectivity index (χ1v) is 8.61. The molecule has 6 heteroatoms. The third kappa shape index (κ3) is 5.23. The number of benzene rings is 1. The summed E-state index contributed by atoms with van der Waals surface area (Å²) < 4.78 is 6.37. The monoisotopic (exact) mass is 382 g/mol. The van der Waals surface area contributed by atoms with E-state index in [4.69, 9.17) is 4.74 Å². The van der Waals surface area contributed by atoms with E-state index >= 15 is 0 Å². The molecule has 1 aliphatic rings. The Kier molecular flexibility index (Phi) is 5.68. The lowest BCUT2D eigenvalue weighted by Crippen LogP contribution is -2.51. The van der Waals surface area contributed by atoms with Gasteiger partial charge in [-0.3, -0.25) is 9.69 Å². The van der Waals surface area contributed by atoms with Crippen molar-refractivity contribution in [3.05, 3.63) is 28.7 Å². The number of carbonyl (C=O) groups is 2. The number of rotatable bonds is 2. The second kappa shape index (κ2) is 7.34. The van der Waals surface area contributed by atoms with Crippen LogP contribution in [0.25, 0.3) is 0 Å². The molecule has 1 aromatic rings. The minimum absolute atomic E-state index is 0.169. The molecular weight excluding hydrogens is 360 g/mol. The number of piperidine rings is 1. The lowest BCUT2D eigenvalue weighted by Gasteiger charge is -2.35. The topological polar surface area (TPSA) is 58.6 Å². The van der Waals surface area contributed by atoms with E-state index in [1.54, 1.807) is 4.90 Å². The maximum absolute atomic E-state index is 12.6. The Labute approximate surface area is 145 Å². The molecule has 1 heterocycles. The number of ether oxygens (including phenoxy) is 1. The van der Waals surface area contributed by atoms with E-state index < -0.39 is 17.7 Å². The minimum atomic E-state index is -0.568. The number of amides is 2. The van der Waals surface area contributed by atoms with Crippen LogP contribution in [0.15, 0.2) is 28.7 Å². The molecule has 0 aliphatic carbocycles. The zero-order chi connectivity index (χ0) is 17.0. The number of anilines is 1. The van der Waals surface area contributed by atoms with Crippen LogP contribution in [0.4, 0.5) is 10.5 Å². The van der Waals surface area contributed by atoms with Gasteiger partial charge in [0.1, 0.15) is 11.6 Å². The number of halogens is 1. The largest absolute Gasteiger partial charge is 0.444 e. The number of hydrogen-bond acceptors (Lipinski definition) is 3. The summed E-state index contributed by atoms with van der Waals surface area (Å²) in [6.45, 7) is 6.02. The molecule has 1 atom stereocenters. The van der Waals surface area contributed by atoms with Gasteiger partial charge in [0.2, 0.25) is 5.91 Å². The third-order valence-electron chi connectivity index (χ3n) is 3.55. The van der Waals surface area contributed by atoms with E-state index in [1.165, 1.54) is 0 Å². The first kappa shape index (κ1) is 17.8. The van der Waals surface area contributed by atoms with Crippen molar-refractivity contribution in [1.29, 1.82) is 0 Å². The Morgan fingerprint density at radius 1 is 1.22 bits per heavy atom. The standard InChI is InChI=1S/C17H23BrN2O3/c1-17(2,3)23-16(22)20-11-5-4-6-14(20)15(21)19-13-9-7-12(18)8-10-13/h7-10,14H,4-6,11H2,1-3H3,(H,19,21)/t14-/m1/s1. The normalized spacial score (nSPS) is 18.4. The number of nitrogens with zero attached hydrogens (tertiary/aromatic N) is 1. The molecule has 1 aromatic carbocycles. The van der Waals surface area contributed by atoms with E-state index in [-0.39, 0.29) is 5.91 Å². The van der Waals surface area contributed by atoms with Crippen molar-refractivity contribution < 1.29 is 14.3 Å². The van der Waals surface area contributed by atoms with Gasteiger partial charge in [-0.05, 0) is 64.3 Å². The summed E-state index contributed by atoms with van der Waals surface area (Å²) >= 11 is 3.36. The summed E-state index contributed by atoms with van der Waals surface area (Å²) in [7, 11) is 0. The lowest BCUT2D eigenvalue weighted by molar-refractivity contribution is -0.122. The molecule has 0 spiro atoms.